The molecule has 0 fully saturated rings. The summed E-state index contributed by atoms with van der Waals surface area (Å²) < 4.78 is 10.4. The van der Waals surface area contributed by atoms with E-state index in [1.165, 1.54) is 42.5 Å². The molecular weight excluding hydrogens is 402 g/mol. The van der Waals surface area contributed by atoms with Crippen molar-refractivity contribution in [1.82, 2.24) is 0 Å². The summed E-state index contributed by atoms with van der Waals surface area (Å²) in [5.41, 5.74) is -0.152. The molecule has 0 spiro atoms. The van der Waals surface area contributed by atoms with Crippen molar-refractivity contribution in [1.29, 1.82) is 0 Å². The summed E-state index contributed by atoms with van der Waals surface area (Å²) in [6.45, 7) is 1.51. The van der Waals surface area contributed by atoms with E-state index in [4.69, 9.17) is 9.15 Å². The number of ketones is 2. The lowest BCUT2D eigenvalue weighted by atomic mass is 9.99. The Bertz CT molecular complexity index is 1180. The molecule has 31 heavy (non-hydrogen) atoms. The molecule has 1 aromatic heterocycles. The number of hydrogen-bond donors (Lipinski definition) is 0. The third-order valence-electron chi connectivity index (χ3n) is 4.27. The summed E-state index contributed by atoms with van der Waals surface area (Å²) in [5, 5.41) is 11.3. The first-order valence-electron chi connectivity index (χ1n) is 9.29. The Hall–Kier alpha value is -4.33. The fourth-order valence-corrected chi connectivity index (χ4v) is 2.84. The van der Waals surface area contributed by atoms with Crippen molar-refractivity contribution >= 4 is 29.3 Å². The molecular formula is C23H17NO7. The minimum atomic E-state index is -1.16. The highest BCUT2D eigenvalue weighted by Gasteiger charge is 2.27. The van der Waals surface area contributed by atoms with E-state index in [2.05, 4.69) is 0 Å². The summed E-state index contributed by atoms with van der Waals surface area (Å²) in [5.74, 6) is -2.70. The molecule has 3 rings (SSSR count). The smallest absolute Gasteiger partial charge is 0.379 e. The summed E-state index contributed by atoms with van der Waals surface area (Å²) >= 11 is 0. The molecule has 0 radical (unpaired) electrons. The van der Waals surface area contributed by atoms with Gasteiger partial charge in [0.2, 0.25) is 0 Å². The van der Waals surface area contributed by atoms with Gasteiger partial charge in [0.15, 0.2) is 5.78 Å². The Morgan fingerprint density at radius 1 is 1.00 bits per heavy atom. The summed E-state index contributed by atoms with van der Waals surface area (Å²) in [7, 11) is 0. The standard InChI is InChI=1S/C23H17NO7/c1-2-30-23(27)22(26)18(21(25)15-8-4-3-5-9-15)14-16-12-13-20(31-16)17-10-6-7-11-19(17)24(28)29/h3-14H,2H2,1H3/b18-14-. The lowest BCUT2D eigenvalue weighted by Crippen LogP contribution is -2.24. The molecule has 156 valence electrons. The van der Waals surface area contributed by atoms with Gasteiger partial charge in [0.25, 0.3) is 11.5 Å². The second-order valence-corrected chi connectivity index (χ2v) is 6.28. The highest BCUT2D eigenvalue weighted by atomic mass is 16.6. The van der Waals surface area contributed by atoms with Gasteiger partial charge in [0.05, 0.1) is 22.7 Å². The van der Waals surface area contributed by atoms with Crippen LogP contribution in [0.1, 0.15) is 23.0 Å². The van der Waals surface area contributed by atoms with Crippen LogP contribution >= 0.6 is 0 Å². The number of nitro groups is 1. The molecule has 0 aliphatic carbocycles. The van der Waals surface area contributed by atoms with Gasteiger partial charge in [-0.05, 0) is 31.2 Å². The van der Waals surface area contributed by atoms with E-state index in [0.717, 1.165) is 6.08 Å². The van der Waals surface area contributed by atoms with Crippen molar-refractivity contribution in [3.63, 3.8) is 0 Å². The molecule has 0 saturated heterocycles. The Labute approximate surface area is 176 Å². The first-order chi connectivity index (χ1) is 14.9. The third-order valence-corrected chi connectivity index (χ3v) is 4.27. The van der Waals surface area contributed by atoms with Gasteiger partial charge >= 0.3 is 5.97 Å². The first-order valence-corrected chi connectivity index (χ1v) is 9.29. The number of esters is 1. The van der Waals surface area contributed by atoms with Gasteiger partial charge in [-0.3, -0.25) is 19.7 Å². The number of Topliss-reactive ketones (excluding diaryl/α,β-unsaturated/α-hetero) is 2. The van der Waals surface area contributed by atoms with E-state index in [1.54, 1.807) is 31.2 Å². The minimum absolute atomic E-state index is 0.0278. The lowest BCUT2D eigenvalue weighted by molar-refractivity contribution is -0.384. The van der Waals surface area contributed by atoms with Crippen molar-refractivity contribution in [3.05, 3.63) is 93.7 Å². The van der Waals surface area contributed by atoms with Crippen LogP contribution in [0.25, 0.3) is 17.4 Å². The van der Waals surface area contributed by atoms with E-state index in [-0.39, 0.29) is 34.9 Å². The number of nitrogens with zero attached hydrogens (tertiary/aromatic N) is 1. The highest BCUT2D eigenvalue weighted by molar-refractivity contribution is 6.50. The van der Waals surface area contributed by atoms with Crippen molar-refractivity contribution < 1.29 is 28.5 Å². The van der Waals surface area contributed by atoms with Gasteiger partial charge in [0, 0.05) is 11.6 Å². The van der Waals surface area contributed by atoms with E-state index in [0.29, 0.717) is 0 Å². The monoisotopic (exact) mass is 419 g/mol. The molecule has 0 bridgehead atoms. The number of nitro benzene ring substituents is 1. The SMILES string of the molecule is CCOC(=O)C(=O)/C(=C\c1ccc(-c2ccccc2[N+](=O)[O-])o1)C(=O)c1ccccc1. The first kappa shape index (κ1) is 21.4. The van der Waals surface area contributed by atoms with Gasteiger partial charge < -0.3 is 9.15 Å². The third kappa shape index (κ3) is 4.81. The number of rotatable bonds is 8. The second kappa shape index (κ2) is 9.45. The van der Waals surface area contributed by atoms with Crippen LogP contribution in [0.2, 0.25) is 0 Å². The van der Waals surface area contributed by atoms with Crippen LogP contribution in [0.3, 0.4) is 0 Å². The van der Waals surface area contributed by atoms with Crippen LogP contribution in [0.5, 0.6) is 0 Å². The maximum Gasteiger partial charge on any atom is 0.379 e. The molecule has 0 aliphatic heterocycles. The van der Waals surface area contributed by atoms with Crippen molar-refractivity contribution in [2.45, 2.75) is 6.92 Å². The van der Waals surface area contributed by atoms with Crippen LogP contribution in [0, 0.1) is 10.1 Å². The molecule has 1 heterocycles. The molecule has 8 heteroatoms. The molecule has 0 amide bonds. The fourth-order valence-electron chi connectivity index (χ4n) is 2.84. The number of para-hydroxylation sites is 1. The highest BCUT2D eigenvalue weighted by Crippen LogP contribution is 2.31. The number of hydrogen-bond acceptors (Lipinski definition) is 7. The van der Waals surface area contributed by atoms with Crippen LogP contribution in [-0.4, -0.2) is 29.1 Å². The lowest BCUT2D eigenvalue weighted by Gasteiger charge is -2.05. The van der Waals surface area contributed by atoms with Crippen LogP contribution in [0.15, 0.2) is 76.7 Å². The predicted octanol–water partition coefficient (Wildman–Crippen LogP) is 4.25. The zero-order valence-electron chi connectivity index (χ0n) is 16.4. The molecule has 0 saturated carbocycles. The summed E-state index contributed by atoms with van der Waals surface area (Å²) in [6.07, 6.45) is 1.13. The van der Waals surface area contributed by atoms with E-state index < -0.39 is 28.0 Å². The Kier molecular flexibility index (Phi) is 6.51. The van der Waals surface area contributed by atoms with Gasteiger partial charge in [-0.25, -0.2) is 4.79 Å². The molecule has 0 aliphatic rings. The molecule has 0 atom stereocenters. The van der Waals surface area contributed by atoms with Crippen molar-refractivity contribution in [2.75, 3.05) is 6.61 Å². The Balaban J connectivity index is 2.04. The average Bonchev–Trinajstić information content (AvgIpc) is 3.26. The molecule has 0 N–H and O–H groups in total. The summed E-state index contributed by atoms with van der Waals surface area (Å²) in [4.78, 5) is 48.2. The normalized spacial score (nSPS) is 11.1. The van der Waals surface area contributed by atoms with Crippen LogP contribution in [0.4, 0.5) is 5.69 Å². The molecule has 3 aromatic rings. The van der Waals surface area contributed by atoms with Crippen LogP contribution in [-0.2, 0) is 14.3 Å². The van der Waals surface area contributed by atoms with E-state index >= 15 is 0 Å². The molecule has 0 unspecified atom stereocenters. The minimum Gasteiger partial charge on any atom is -0.460 e. The number of carbonyl (C=O) groups excluding carboxylic acids is 3. The van der Waals surface area contributed by atoms with Gasteiger partial charge in [-0.2, -0.15) is 0 Å². The van der Waals surface area contributed by atoms with Crippen LogP contribution < -0.4 is 0 Å². The molecule has 2 aromatic carbocycles. The maximum atomic E-state index is 12.9. The Morgan fingerprint density at radius 2 is 1.68 bits per heavy atom. The Morgan fingerprint density at radius 3 is 2.35 bits per heavy atom. The zero-order valence-corrected chi connectivity index (χ0v) is 16.4. The largest absolute Gasteiger partial charge is 0.460 e. The molecule has 8 nitrogen and oxygen atoms in total. The predicted molar refractivity (Wildman–Crippen MR) is 111 cm³/mol. The number of furan rings is 1. The fraction of sp³-hybridized carbons (Fsp3) is 0.0870. The van der Waals surface area contributed by atoms with E-state index in [1.807, 2.05) is 0 Å². The average molecular weight is 419 g/mol. The number of carbonyl (C=O) groups is 3. The van der Waals surface area contributed by atoms with Gasteiger partial charge in [-0.15, -0.1) is 0 Å². The summed E-state index contributed by atoms with van der Waals surface area (Å²) in [6, 6.07) is 16.9. The maximum absolute atomic E-state index is 12.9. The van der Waals surface area contributed by atoms with Crippen molar-refractivity contribution in [3.8, 4) is 11.3 Å². The number of benzene rings is 2. The topological polar surface area (TPSA) is 117 Å². The van der Waals surface area contributed by atoms with E-state index in [9.17, 15) is 24.5 Å². The van der Waals surface area contributed by atoms with Gasteiger partial charge in [-0.1, -0.05) is 42.5 Å². The van der Waals surface area contributed by atoms with Gasteiger partial charge in [0.1, 0.15) is 11.5 Å². The second-order valence-electron chi connectivity index (χ2n) is 6.28. The van der Waals surface area contributed by atoms with Crippen molar-refractivity contribution in [2.24, 2.45) is 0 Å². The quantitative estimate of drug-likeness (QED) is 0.0783. The zero-order chi connectivity index (χ0) is 22.4. The number of ether oxygens (including phenoxy) is 1.